The Bertz CT molecular complexity index is 2080. The van der Waals surface area contributed by atoms with Crippen molar-refractivity contribution in [2.75, 3.05) is 10.6 Å². The highest BCUT2D eigenvalue weighted by atomic mass is 16.2. The van der Waals surface area contributed by atoms with E-state index in [0.717, 1.165) is 29.7 Å². The molecular formula is C41H51N9O2. The topological polar surface area (TPSA) is 124 Å². The first kappa shape index (κ1) is 35.2. The van der Waals surface area contributed by atoms with Gasteiger partial charge in [0.2, 0.25) is 0 Å². The maximum absolute atomic E-state index is 14.4. The minimum absolute atomic E-state index is 0.00275. The predicted octanol–water partition coefficient (Wildman–Crippen LogP) is 8.12. The van der Waals surface area contributed by atoms with E-state index in [4.69, 9.17) is 10.2 Å². The fourth-order valence-electron chi connectivity index (χ4n) is 8.16. The molecule has 272 valence electrons. The molecule has 52 heavy (non-hydrogen) atoms. The van der Waals surface area contributed by atoms with Gasteiger partial charge in [0.1, 0.15) is 22.8 Å². The Hall–Kier alpha value is -5.19. The van der Waals surface area contributed by atoms with Gasteiger partial charge < -0.3 is 16.0 Å². The number of benzene rings is 2. The van der Waals surface area contributed by atoms with Crippen LogP contribution in [0.1, 0.15) is 142 Å². The van der Waals surface area contributed by atoms with Crippen molar-refractivity contribution in [1.82, 2.24) is 34.7 Å². The zero-order valence-electron chi connectivity index (χ0n) is 31.6. The largest absolute Gasteiger partial charge is 0.363 e. The smallest absolute Gasteiger partial charge is 0.283 e. The van der Waals surface area contributed by atoms with Gasteiger partial charge >= 0.3 is 0 Å². The van der Waals surface area contributed by atoms with Crippen molar-refractivity contribution in [2.24, 2.45) is 0 Å². The quantitative estimate of drug-likeness (QED) is 0.142. The molecule has 5 aromatic rings. The number of carbonyl (C=O) groups excluding carboxylic acids is 2. The molecule has 0 saturated carbocycles. The SMILES string of the molecule is CCC(CC)(NC(=O)c1cnn2c1NC(c1ccccc1)CC2(C)C)c1cn(C(=O)c2cnn3c2NC(c2ccccc2)CC3(C)C)nc1C(C)C. The number of carbonyl (C=O) groups is 2. The monoisotopic (exact) mass is 701 g/mol. The highest BCUT2D eigenvalue weighted by Gasteiger charge is 2.41. The van der Waals surface area contributed by atoms with Crippen LogP contribution in [-0.4, -0.2) is 41.2 Å². The van der Waals surface area contributed by atoms with Crippen LogP contribution < -0.4 is 16.0 Å². The summed E-state index contributed by atoms with van der Waals surface area (Å²) in [6.07, 6.45) is 7.97. The van der Waals surface area contributed by atoms with Gasteiger partial charge in [-0.05, 0) is 70.4 Å². The Labute approximate surface area is 306 Å². The summed E-state index contributed by atoms with van der Waals surface area (Å²) in [5, 5.41) is 25.0. The molecule has 0 bridgehead atoms. The second-order valence-corrected chi connectivity index (χ2v) is 16.0. The highest BCUT2D eigenvalue weighted by molar-refractivity contribution is 6.01. The predicted molar refractivity (Wildman–Crippen MR) is 204 cm³/mol. The van der Waals surface area contributed by atoms with Crippen molar-refractivity contribution in [3.63, 3.8) is 0 Å². The van der Waals surface area contributed by atoms with Gasteiger partial charge in [-0.1, -0.05) is 88.4 Å². The maximum Gasteiger partial charge on any atom is 0.283 e. The van der Waals surface area contributed by atoms with E-state index < -0.39 is 5.54 Å². The Morgan fingerprint density at radius 2 is 1.29 bits per heavy atom. The Morgan fingerprint density at radius 1 is 0.808 bits per heavy atom. The molecule has 0 saturated heterocycles. The van der Waals surface area contributed by atoms with Gasteiger partial charge in [0.25, 0.3) is 11.8 Å². The molecule has 2 unspecified atom stereocenters. The molecule has 0 spiro atoms. The number of aromatic nitrogens is 6. The lowest BCUT2D eigenvalue weighted by atomic mass is 9.82. The van der Waals surface area contributed by atoms with E-state index in [9.17, 15) is 9.59 Å². The van der Waals surface area contributed by atoms with Crippen LogP contribution in [0, 0.1) is 0 Å². The molecule has 11 nitrogen and oxygen atoms in total. The lowest BCUT2D eigenvalue weighted by Gasteiger charge is -2.38. The van der Waals surface area contributed by atoms with E-state index >= 15 is 0 Å². The maximum atomic E-state index is 14.4. The molecule has 2 aromatic carbocycles. The highest BCUT2D eigenvalue weighted by Crippen LogP contribution is 2.42. The van der Waals surface area contributed by atoms with Crippen LogP contribution in [-0.2, 0) is 16.6 Å². The molecule has 7 rings (SSSR count). The van der Waals surface area contributed by atoms with Crippen molar-refractivity contribution in [3.05, 3.63) is 113 Å². The molecule has 11 heteroatoms. The van der Waals surface area contributed by atoms with Gasteiger partial charge in [0.05, 0.1) is 46.8 Å². The minimum Gasteiger partial charge on any atom is -0.363 e. The van der Waals surface area contributed by atoms with Crippen LogP contribution in [0.2, 0.25) is 0 Å². The summed E-state index contributed by atoms with van der Waals surface area (Å²) < 4.78 is 5.29. The van der Waals surface area contributed by atoms with Crippen molar-refractivity contribution in [3.8, 4) is 0 Å². The summed E-state index contributed by atoms with van der Waals surface area (Å²) >= 11 is 0. The van der Waals surface area contributed by atoms with Gasteiger partial charge in [0.15, 0.2) is 0 Å². The van der Waals surface area contributed by atoms with Gasteiger partial charge in [-0.25, -0.2) is 14.0 Å². The van der Waals surface area contributed by atoms with E-state index in [-0.39, 0.29) is 40.9 Å². The molecule has 0 aliphatic carbocycles. The zero-order valence-corrected chi connectivity index (χ0v) is 31.6. The number of hydrogen-bond donors (Lipinski definition) is 3. The van der Waals surface area contributed by atoms with E-state index in [1.165, 1.54) is 10.2 Å². The summed E-state index contributed by atoms with van der Waals surface area (Å²) in [6.45, 7) is 16.9. The second kappa shape index (κ2) is 13.1. The number of fused-ring (bicyclic) bond motifs is 2. The third-order valence-electron chi connectivity index (χ3n) is 11.2. The van der Waals surface area contributed by atoms with Crippen LogP contribution in [0.4, 0.5) is 11.6 Å². The number of hydrogen-bond acceptors (Lipinski definition) is 7. The van der Waals surface area contributed by atoms with Gasteiger partial charge in [-0.2, -0.15) is 15.3 Å². The summed E-state index contributed by atoms with van der Waals surface area (Å²) in [4.78, 5) is 28.8. The van der Waals surface area contributed by atoms with Crippen LogP contribution >= 0.6 is 0 Å². The first-order valence-corrected chi connectivity index (χ1v) is 18.6. The average molecular weight is 702 g/mol. The summed E-state index contributed by atoms with van der Waals surface area (Å²) in [6, 6.07) is 20.7. The number of nitrogens with zero attached hydrogens (tertiary/aromatic N) is 6. The molecule has 1 amide bonds. The molecule has 2 aliphatic heterocycles. The third kappa shape index (κ3) is 5.99. The molecular weight excluding hydrogens is 651 g/mol. The standard InChI is InChI=1S/C41H51N9O2/c1-9-41(10-2,46-37(51)29-23-42-49-35(29)44-32(21-39(49,5)6)27-17-13-11-14-18-27)31-25-48(47-34(31)26(3)4)38(52)30-24-43-50-36(30)45-33(22-40(50,7)8)28-19-15-12-16-20-28/h11-20,23-26,32-33,44-45H,9-10,21-22H2,1-8H3,(H,46,51). The first-order valence-electron chi connectivity index (χ1n) is 18.6. The van der Waals surface area contributed by atoms with Crippen LogP contribution in [0.3, 0.4) is 0 Å². The van der Waals surface area contributed by atoms with Crippen molar-refractivity contribution < 1.29 is 9.59 Å². The van der Waals surface area contributed by atoms with Crippen molar-refractivity contribution in [2.45, 2.75) is 116 Å². The van der Waals surface area contributed by atoms with Crippen molar-refractivity contribution in [1.29, 1.82) is 0 Å². The van der Waals surface area contributed by atoms with Crippen LogP contribution in [0.15, 0.2) is 79.3 Å². The van der Waals surface area contributed by atoms with E-state index in [0.29, 0.717) is 35.6 Å². The fraction of sp³-hybridized carbons (Fsp3) is 0.439. The minimum atomic E-state index is -0.788. The molecule has 3 aromatic heterocycles. The molecule has 0 radical (unpaired) electrons. The second-order valence-electron chi connectivity index (χ2n) is 16.0. The lowest BCUT2D eigenvalue weighted by Crippen LogP contribution is -2.46. The Kier molecular flexibility index (Phi) is 8.87. The molecule has 3 N–H and O–H groups in total. The van der Waals surface area contributed by atoms with Gasteiger partial charge in [0, 0.05) is 11.8 Å². The normalized spacial score (nSPS) is 18.9. The Morgan fingerprint density at radius 3 is 1.77 bits per heavy atom. The zero-order chi connectivity index (χ0) is 37.0. The number of nitrogens with one attached hydrogen (secondary N) is 3. The Balaban J connectivity index is 1.22. The lowest BCUT2D eigenvalue weighted by molar-refractivity contribution is 0.0889. The van der Waals surface area contributed by atoms with Gasteiger partial charge in [-0.3, -0.25) is 9.59 Å². The third-order valence-corrected chi connectivity index (χ3v) is 11.2. The van der Waals surface area contributed by atoms with E-state index in [1.54, 1.807) is 12.4 Å². The van der Waals surface area contributed by atoms with E-state index in [2.05, 4.69) is 101 Å². The van der Waals surface area contributed by atoms with Crippen LogP contribution in [0.5, 0.6) is 0 Å². The summed E-state index contributed by atoms with van der Waals surface area (Å²) in [5.41, 5.74) is 3.46. The van der Waals surface area contributed by atoms with Gasteiger partial charge in [-0.15, -0.1) is 0 Å². The summed E-state index contributed by atoms with van der Waals surface area (Å²) in [5.74, 6) is 0.882. The number of anilines is 2. The van der Waals surface area contributed by atoms with Crippen LogP contribution in [0.25, 0.3) is 0 Å². The first-order chi connectivity index (χ1) is 24.8. The molecule has 5 heterocycles. The van der Waals surface area contributed by atoms with E-state index in [1.807, 2.05) is 52.0 Å². The fourth-order valence-corrected chi connectivity index (χ4v) is 8.16. The summed E-state index contributed by atoms with van der Waals surface area (Å²) in [7, 11) is 0. The number of rotatable bonds is 9. The molecule has 2 atom stereocenters. The molecule has 0 fully saturated rings. The van der Waals surface area contributed by atoms with Crippen molar-refractivity contribution >= 4 is 23.5 Å². The average Bonchev–Trinajstić information content (AvgIpc) is 3.89. The number of amides is 1. The molecule has 2 aliphatic rings.